The molecule has 7 heteroatoms. The Hall–Kier alpha value is -1.42. The average molecular weight is 244 g/mol. The minimum Gasteiger partial charge on any atom is -0.438 e. The van der Waals surface area contributed by atoms with Crippen LogP contribution in [0.25, 0.3) is 0 Å². The van der Waals surface area contributed by atoms with Gasteiger partial charge >= 0.3 is 5.97 Å². The summed E-state index contributed by atoms with van der Waals surface area (Å²) < 4.78 is 4.75. The first-order valence-electron chi connectivity index (χ1n) is 4.49. The molecule has 0 aromatic carbocycles. The third kappa shape index (κ3) is 6.14. The number of hydrogen-bond acceptors (Lipinski definition) is 7. The SMILES string of the molecule is CSCCC(N=C=O)C(=O)OC(C)N=C=O. The van der Waals surface area contributed by atoms with E-state index in [1.54, 1.807) is 0 Å². The number of thioether (sulfide) groups is 1. The summed E-state index contributed by atoms with van der Waals surface area (Å²) in [6.45, 7) is 1.42. The molecule has 0 aromatic heterocycles. The normalized spacial score (nSPS) is 12.9. The van der Waals surface area contributed by atoms with E-state index in [4.69, 9.17) is 4.74 Å². The molecule has 0 aliphatic rings. The number of aliphatic imine (C=N–C) groups is 2. The van der Waals surface area contributed by atoms with Crippen molar-refractivity contribution in [1.82, 2.24) is 0 Å². The second-order valence-corrected chi connectivity index (χ2v) is 3.76. The Labute approximate surface area is 97.2 Å². The number of ether oxygens (including phenoxy) is 1. The van der Waals surface area contributed by atoms with Crippen molar-refractivity contribution in [3.8, 4) is 0 Å². The van der Waals surface area contributed by atoms with Crippen LogP contribution in [0.2, 0.25) is 0 Å². The number of esters is 1. The molecule has 16 heavy (non-hydrogen) atoms. The molecule has 2 atom stereocenters. The van der Waals surface area contributed by atoms with Gasteiger partial charge in [-0.1, -0.05) is 0 Å². The Balaban J connectivity index is 4.36. The van der Waals surface area contributed by atoms with Crippen molar-refractivity contribution in [2.75, 3.05) is 12.0 Å². The number of isocyanates is 2. The summed E-state index contributed by atoms with van der Waals surface area (Å²) in [5.74, 6) is -0.0279. The summed E-state index contributed by atoms with van der Waals surface area (Å²) in [7, 11) is 0. The number of carbonyl (C=O) groups is 1. The molecule has 6 nitrogen and oxygen atoms in total. The maximum atomic E-state index is 11.4. The number of carbonyl (C=O) groups excluding carboxylic acids is 3. The maximum absolute atomic E-state index is 11.4. The van der Waals surface area contributed by atoms with E-state index in [0.29, 0.717) is 12.2 Å². The van der Waals surface area contributed by atoms with E-state index in [0.717, 1.165) is 0 Å². The quantitative estimate of drug-likeness (QED) is 0.373. The zero-order valence-electron chi connectivity index (χ0n) is 9.00. The fourth-order valence-corrected chi connectivity index (χ4v) is 1.33. The Kier molecular flexibility index (Phi) is 8.07. The minimum atomic E-state index is -0.913. The van der Waals surface area contributed by atoms with Crippen LogP contribution in [0, 0.1) is 0 Å². The molecule has 0 bridgehead atoms. The van der Waals surface area contributed by atoms with Gasteiger partial charge in [0.1, 0.15) is 0 Å². The standard InChI is InChI=1S/C9H12N2O4S/c1-7(10-5-12)15-9(14)8(11-6-13)3-4-16-2/h7-8H,3-4H2,1-2H3. The largest absolute Gasteiger partial charge is 0.438 e. The molecule has 0 radical (unpaired) electrons. The molecule has 0 spiro atoms. The van der Waals surface area contributed by atoms with Crippen molar-refractivity contribution in [3.05, 3.63) is 0 Å². The Morgan fingerprint density at radius 2 is 2.00 bits per heavy atom. The van der Waals surface area contributed by atoms with Gasteiger partial charge in [-0.2, -0.15) is 21.7 Å². The fourth-order valence-electron chi connectivity index (χ4n) is 0.875. The van der Waals surface area contributed by atoms with Gasteiger partial charge in [-0.05, 0) is 25.4 Å². The number of rotatable bonds is 7. The summed E-state index contributed by atoms with van der Waals surface area (Å²) in [5, 5.41) is 0. The highest BCUT2D eigenvalue weighted by Gasteiger charge is 2.20. The van der Waals surface area contributed by atoms with E-state index in [9.17, 15) is 14.4 Å². The summed E-state index contributed by atoms with van der Waals surface area (Å²) in [4.78, 5) is 38.0. The van der Waals surface area contributed by atoms with Crippen molar-refractivity contribution in [2.24, 2.45) is 9.98 Å². The second-order valence-electron chi connectivity index (χ2n) is 2.77. The van der Waals surface area contributed by atoms with Crippen LogP contribution in [0.4, 0.5) is 0 Å². The Morgan fingerprint density at radius 1 is 1.38 bits per heavy atom. The molecule has 0 heterocycles. The molecule has 0 fully saturated rings. The lowest BCUT2D eigenvalue weighted by molar-refractivity contribution is -0.149. The van der Waals surface area contributed by atoms with Gasteiger partial charge in [0.05, 0.1) is 0 Å². The van der Waals surface area contributed by atoms with Crippen LogP contribution in [-0.4, -0.2) is 42.4 Å². The lowest BCUT2D eigenvalue weighted by Gasteiger charge is -2.11. The highest BCUT2D eigenvalue weighted by molar-refractivity contribution is 7.98. The van der Waals surface area contributed by atoms with Crippen LogP contribution in [0.1, 0.15) is 13.3 Å². The van der Waals surface area contributed by atoms with Crippen molar-refractivity contribution in [1.29, 1.82) is 0 Å². The van der Waals surface area contributed by atoms with E-state index in [-0.39, 0.29) is 0 Å². The van der Waals surface area contributed by atoms with Crippen LogP contribution in [-0.2, 0) is 19.1 Å². The van der Waals surface area contributed by atoms with E-state index in [2.05, 4.69) is 9.98 Å². The topological polar surface area (TPSA) is 85.2 Å². The van der Waals surface area contributed by atoms with Crippen LogP contribution >= 0.6 is 11.8 Å². The van der Waals surface area contributed by atoms with Crippen molar-refractivity contribution >= 4 is 29.9 Å². The summed E-state index contributed by atoms with van der Waals surface area (Å²) in [6.07, 6.45) is 3.93. The molecule has 0 aliphatic carbocycles. The lowest BCUT2D eigenvalue weighted by atomic mass is 10.2. The van der Waals surface area contributed by atoms with Gasteiger partial charge in [0, 0.05) is 0 Å². The molecule has 0 rings (SSSR count). The third-order valence-electron chi connectivity index (χ3n) is 1.60. The zero-order chi connectivity index (χ0) is 12.4. The highest BCUT2D eigenvalue weighted by atomic mass is 32.2. The van der Waals surface area contributed by atoms with E-state index in [1.807, 2.05) is 6.26 Å². The maximum Gasteiger partial charge on any atom is 0.333 e. The molecular weight excluding hydrogens is 232 g/mol. The fraction of sp³-hybridized carbons (Fsp3) is 0.667. The molecule has 0 saturated heterocycles. The molecule has 88 valence electrons. The predicted octanol–water partition coefficient (Wildman–Crippen LogP) is 0.669. The Bertz CT molecular complexity index is 321. The van der Waals surface area contributed by atoms with Crippen LogP contribution in [0.15, 0.2) is 9.98 Å². The van der Waals surface area contributed by atoms with Gasteiger partial charge < -0.3 is 4.74 Å². The number of nitrogens with zero attached hydrogens (tertiary/aromatic N) is 2. The van der Waals surface area contributed by atoms with Gasteiger partial charge in [-0.25, -0.2) is 14.4 Å². The van der Waals surface area contributed by atoms with Crippen molar-refractivity contribution in [3.63, 3.8) is 0 Å². The van der Waals surface area contributed by atoms with Gasteiger partial charge in [0.15, 0.2) is 6.04 Å². The molecule has 0 aliphatic heterocycles. The zero-order valence-corrected chi connectivity index (χ0v) is 9.82. The van der Waals surface area contributed by atoms with Gasteiger partial charge in [0.2, 0.25) is 18.4 Å². The molecule has 0 saturated carbocycles. The predicted molar refractivity (Wildman–Crippen MR) is 58.6 cm³/mol. The molecule has 0 aromatic rings. The van der Waals surface area contributed by atoms with E-state index >= 15 is 0 Å². The Morgan fingerprint density at radius 3 is 2.50 bits per heavy atom. The van der Waals surface area contributed by atoms with Crippen molar-refractivity contribution < 1.29 is 19.1 Å². The van der Waals surface area contributed by atoms with Crippen LogP contribution in [0.5, 0.6) is 0 Å². The molecule has 0 N–H and O–H groups in total. The van der Waals surface area contributed by atoms with E-state index in [1.165, 1.54) is 30.8 Å². The smallest absolute Gasteiger partial charge is 0.333 e. The minimum absolute atomic E-state index is 0.382. The van der Waals surface area contributed by atoms with Crippen LogP contribution in [0.3, 0.4) is 0 Å². The third-order valence-corrected chi connectivity index (χ3v) is 2.24. The molecular formula is C9H12N2O4S. The summed E-state index contributed by atoms with van der Waals surface area (Å²) >= 11 is 1.52. The lowest BCUT2D eigenvalue weighted by Crippen LogP contribution is -2.25. The van der Waals surface area contributed by atoms with Crippen LogP contribution < -0.4 is 0 Å². The average Bonchev–Trinajstić information content (AvgIpc) is 2.24. The van der Waals surface area contributed by atoms with Crippen molar-refractivity contribution in [2.45, 2.75) is 25.6 Å². The first-order chi connectivity index (χ1) is 7.65. The summed E-state index contributed by atoms with van der Waals surface area (Å²) in [6, 6.07) is -0.880. The highest BCUT2D eigenvalue weighted by Crippen LogP contribution is 2.07. The molecule has 2 unspecified atom stereocenters. The van der Waals surface area contributed by atoms with Gasteiger partial charge in [0.25, 0.3) is 0 Å². The van der Waals surface area contributed by atoms with E-state index < -0.39 is 18.2 Å². The molecule has 0 amide bonds. The van der Waals surface area contributed by atoms with Gasteiger partial charge in [-0.15, -0.1) is 0 Å². The monoisotopic (exact) mass is 244 g/mol. The first kappa shape index (κ1) is 14.6. The second kappa shape index (κ2) is 8.85. The van der Waals surface area contributed by atoms with Gasteiger partial charge in [-0.3, -0.25) is 0 Å². The number of hydrogen-bond donors (Lipinski definition) is 0. The first-order valence-corrected chi connectivity index (χ1v) is 5.88. The summed E-state index contributed by atoms with van der Waals surface area (Å²) in [5.41, 5.74) is 0.